The summed E-state index contributed by atoms with van der Waals surface area (Å²) >= 11 is 0. The Morgan fingerprint density at radius 2 is 2.17 bits per heavy atom. The van der Waals surface area contributed by atoms with Crippen molar-refractivity contribution in [2.45, 2.75) is 32.0 Å². The molecule has 2 heterocycles. The van der Waals surface area contributed by atoms with Gasteiger partial charge >= 0.3 is 0 Å². The van der Waals surface area contributed by atoms with Gasteiger partial charge in [-0.15, -0.1) is 0 Å². The summed E-state index contributed by atoms with van der Waals surface area (Å²) in [7, 11) is 0. The Balaban J connectivity index is 1.84. The monoisotopic (exact) mass is 243 g/mol. The van der Waals surface area contributed by atoms with Crippen LogP contribution in [0.15, 0.2) is 41.0 Å². The molecule has 1 aliphatic rings. The van der Waals surface area contributed by atoms with E-state index in [4.69, 9.17) is 10.2 Å². The first-order valence-electron chi connectivity index (χ1n) is 6.32. The van der Waals surface area contributed by atoms with Crippen molar-refractivity contribution in [3.8, 4) is 0 Å². The summed E-state index contributed by atoms with van der Waals surface area (Å²) in [6.45, 7) is 1.26. The molecule has 4 heteroatoms. The van der Waals surface area contributed by atoms with Crippen LogP contribution in [0.3, 0.4) is 0 Å². The Morgan fingerprint density at radius 3 is 2.83 bits per heavy atom. The van der Waals surface area contributed by atoms with Crippen LogP contribution in [0.5, 0.6) is 0 Å². The topological polar surface area (TPSA) is 55.3 Å². The number of nitrogens with two attached hydrogens (primary N) is 1. The molecule has 94 valence electrons. The molecule has 0 amide bonds. The first-order chi connectivity index (χ1) is 8.86. The van der Waals surface area contributed by atoms with Crippen LogP contribution >= 0.6 is 0 Å². The Hall–Kier alpha value is -1.81. The van der Waals surface area contributed by atoms with Crippen LogP contribution < -0.4 is 10.6 Å². The van der Waals surface area contributed by atoms with Gasteiger partial charge in [0.15, 0.2) is 0 Å². The number of aromatic nitrogens is 1. The summed E-state index contributed by atoms with van der Waals surface area (Å²) in [5, 5.41) is 0. The van der Waals surface area contributed by atoms with E-state index in [1.807, 2.05) is 30.3 Å². The van der Waals surface area contributed by atoms with Crippen LogP contribution in [-0.4, -0.2) is 11.0 Å². The molecule has 2 aromatic heterocycles. The van der Waals surface area contributed by atoms with Gasteiger partial charge in [0.1, 0.15) is 11.6 Å². The number of rotatable bonds is 5. The third-order valence-electron chi connectivity index (χ3n) is 3.19. The highest BCUT2D eigenvalue weighted by atomic mass is 16.3. The fourth-order valence-electron chi connectivity index (χ4n) is 2.09. The summed E-state index contributed by atoms with van der Waals surface area (Å²) in [6.07, 6.45) is 4.18. The van der Waals surface area contributed by atoms with E-state index in [-0.39, 0.29) is 0 Å². The average Bonchev–Trinajstić information content (AvgIpc) is 3.13. The van der Waals surface area contributed by atoms with Crippen LogP contribution in [0, 0.1) is 0 Å². The van der Waals surface area contributed by atoms with Gasteiger partial charge in [0.25, 0.3) is 0 Å². The molecule has 3 rings (SSSR count). The lowest BCUT2D eigenvalue weighted by molar-refractivity contribution is 0.500. The zero-order chi connectivity index (χ0) is 12.4. The van der Waals surface area contributed by atoms with E-state index >= 15 is 0 Å². The highest BCUT2D eigenvalue weighted by Gasteiger charge is 2.30. The van der Waals surface area contributed by atoms with Gasteiger partial charge < -0.3 is 15.1 Å². The van der Waals surface area contributed by atoms with Gasteiger partial charge in [-0.05, 0) is 37.1 Å². The number of hydrogen-bond donors (Lipinski definition) is 1. The molecule has 0 unspecified atom stereocenters. The lowest BCUT2D eigenvalue weighted by Gasteiger charge is -2.22. The first kappa shape index (κ1) is 11.3. The van der Waals surface area contributed by atoms with E-state index in [0.29, 0.717) is 12.6 Å². The molecule has 0 aromatic carbocycles. The standard InChI is InChI=1S/C14H17N3O/c15-9-11-3-1-5-14(16-11)17(12-6-7-12)10-13-4-2-8-18-13/h1-5,8,12H,6-7,9-10,15H2. The Labute approximate surface area is 106 Å². The van der Waals surface area contributed by atoms with E-state index in [1.54, 1.807) is 6.26 Å². The maximum atomic E-state index is 5.65. The minimum Gasteiger partial charge on any atom is -0.467 e. The molecule has 18 heavy (non-hydrogen) atoms. The van der Waals surface area contributed by atoms with E-state index in [1.165, 1.54) is 12.8 Å². The van der Waals surface area contributed by atoms with Crippen LogP contribution in [0.2, 0.25) is 0 Å². The summed E-state index contributed by atoms with van der Waals surface area (Å²) in [6, 6.07) is 10.5. The zero-order valence-corrected chi connectivity index (χ0v) is 10.2. The molecule has 0 saturated heterocycles. The second-order valence-corrected chi connectivity index (χ2v) is 4.63. The van der Waals surface area contributed by atoms with Crippen molar-refractivity contribution < 1.29 is 4.42 Å². The highest BCUT2D eigenvalue weighted by Crippen LogP contribution is 2.32. The predicted octanol–water partition coefficient (Wildman–Crippen LogP) is 2.30. The molecule has 1 saturated carbocycles. The molecule has 0 aliphatic heterocycles. The number of anilines is 1. The van der Waals surface area contributed by atoms with Crippen LogP contribution in [0.25, 0.3) is 0 Å². The number of nitrogens with zero attached hydrogens (tertiary/aromatic N) is 2. The summed E-state index contributed by atoms with van der Waals surface area (Å²) in [5.74, 6) is 1.97. The van der Waals surface area contributed by atoms with Crippen molar-refractivity contribution in [1.29, 1.82) is 0 Å². The summed E-state index contributed by atoms with van der Waals surface area (Å²) in [5.41, 5.74) is 6.58. The SMILES string of the molecule is NCc1cccc(N(Cc2ccco2)C2CC2)n1. The maximum absolute atomic E-state index is 5.65. The van der Waals surface area contributed by atoms with Gasteiger partial charge in [0, 0.05) is 12.6 Å². The molecule has 0 radical (unpaired) electrons. The van der Waals surface area contributed by atoms with Crippen molar-refractivity contribution in [2.75, 3.05) is 4.90 Å². The molecule has 2 N–H and O–H groups in total. The molecule has 0 spiro atoms. The number of hydrogen-bond acceptors (Lipinski definition) is 4. The van der Waals surface area contributed by atoms with Crippen LogP contribution in [0.1, 0.15) is 24.3 Å². The van der Waals surface area contributed by atoms with Gasteiger partial charge in [-0.25, -0.2) is 4.98 Å². The van der Waals surface area contributed by atoms with Crippen LogP contribution in [0.4, 0.5) is 5.82 Å². The molecule has 0 atom stereocenters. The number of furan rings is 1. The molecule has 2 aromatic rings. The quantitative estimate of drug-likeness (QED) is 0.875. The van der Waals surface area contributed by atoms with E-state index in [0.717, 1.165) is 23.8 Å². The molecule has 0 bridgehead atoms. The molecule has 4 nitrogen and oxygen atoms in total. The predicted molar refractivity (Wildman–Crippen MR) is 70.0 cm³/mol. The third kappa shape index (κ3) is 2.38. The Morgan fingerprint density at radius 1 is 1.28 bits per heavy atom. The van der Waals surface area contributed by atoms with Gasteiger partial charge in [-0.3, -0.25) is 0 Å². The normalized spacial score (nSPS) is 14.7. The van der Waals surface area contributed by atoms with E-state index in [9.17, 15) is 0 Å². The fourth-order valence-corrected chi connectivity index (χ4v) is 2.09. The molecule has 1 aliphatic carbocycles. The van der Waals surface area contributed by atoms with Crippen molar-refractivity contribution in [3.63, 3.8) is 0 Å². The molecular weight excluding hydrogens is 226 g/mol. The lowest BCUT2D eigenvalue weighted by atomic mass is 10.3. The van der Waals surface area contributed by atoms with Crippen molar-refractivity contribution in [1.82, 2.24) is 4.98 Å². The second-order valence-electron chi connectivity index (χ2n) is 4.63. The highest BCUT2D eigenvalue weighted by molar-refractivity contribution is 5.42. The second kappa shape index (κ2) is 4.82. The summed E-state index contributed by atoms with van der Waals surface area (Å²) in [4.78, 5) is 6.90. The average molecular weight is 243 g/mol. The van der Waals surface area contributed by atoms with Gasteiger partial charge in [-0.1, -0.05) is 6.07 Å². The van der Waals surface area contributed by atoms with Gasteiger partial charge in [-0.2, -0.15) is 0 Å². The van der Waals surface area contributed by atoms with Crippen molar-refractivity contribution in [3.05, 3.63) is 48.0 Å². The minimum absolute atomic E-state index is 0.479. The van der Waals surface area contributed by atoms with E-state index in [2.05, 4.69) is 9.88 Å². The zero-order valence-electron chi connectivity index (χ0n) is 10.2. The fraction of sp³-hybridized carbons (Fsp3) is 0.357. The molecule has 1 fully saturated rings. The summed E-state index contributed by atoms with van der Waals surface area (Å²) < 4.78 is 5.43. The number of pyridine rings is 1. The van der Waals surface area contributed by atoms with Gasteiger partial charge in [0.05, 0.1) is 18.5 Å². The minimum atomic E-state index is 0.479. The van der Waals surface area contributed by atoms with Crippen LogP contribution in [-0.2, 0) is 13.1 Å². The van der Waals surface area contributed by atoms with Crippen molar-refractivity contribution in [2.24, 2.45) is 5.73 Å². The van der Waals surface area contributed by atoms with Gasteiger partial charge in [0.2, 0.25) is 0 Å². The molecular formula is C14H17N3O. The Bertz CT molecular complexity index is 506. The van der Waals surface area contributed by atoms with Crippen molar-refractivity contribution >= 4 is 5.82 Å². The smallest absolute Gasteiger partial charge is 0.129 e. The van der Waals surface area contributed by atoms with E-state index < -0.39 is 0 Å². The largest absolute Gasteiger partial charge is 0.467 e. The maximum Gasteiger partial charge on any atom is 0.129 e. The third-order valence-corrected chi connectivity index (χ3v) is 3.19. The Kier molecular flexibility index (Phi) is 3.02. The first-order valence-corrected chi connectivity index (χ1v) is 6.32. The lowest BCUT2D eigenvalue weighted by Crippen LogP contribution is -2.26.